The summed E-state index contributed by atoms with van der Waals surface area (Å²) in [7, 11) is 0. The van der Waals surface area contributed by atoms with E-state index in [-0.39, 0.29) is 23.2 Å². The third kappa shape index (κ3) is 4.53. The Balaban J connectivity index is 1.91. The maximum Gasteiger partial charge on any atom is 0.166 e. The van der Waals surface area contributed by atoms with Crippen LogP contribution in [-0.4, -0.2) is 22.6 Å². The Morgan fingerprint density at radius 1 is 1.21 bits per heavy atom. The minimum absolute atomic E-state index is 0.0834. The summed E-state index contributed by atoms with van der Waals surface area (Å²) in [6.45, 7) is 4.52. The van der Waals surface area contributed by atoms with Crippen molar-refractivity contribution in [2.45, 2.75) is 26.3 Å². The average molecular weight is 378 g/mol. The van der Waals surface area contributed by atoms with Crippen LogP contribution >= 0.6 is 0 Å². The molecule has 0 aliphatic heterocycles. The van der Waals surface area contributed by atoms with Gasteiger partial charge in [-0.25, -0.2) is 9.37 Å². The molecule has 0 aliphatic carbocycles. The number of benzene rings is 1. The van der Waals surface area contributed by atoms with Gasteiger partial charge in [-0.3, -0.25) is 4.98 Å². The number of pyridine rings is 2. The van der Waals surface area contributed by atoms with Crippen LogP contribution in [0.4, 0.5) is 21.7 Å². The van der Waals surface area contributed by atoms with Gasteiger partial charge in [-0.1, -0.05) is 19.9 Å². The highest BCUT2D eigenvalue weighted by molar-refractivity contribution is 5.83. The summed E-state index contributed by atoms with van der Waals surface area (Å²) in [6.07, 6.45) is 2.52. The lowest BCUT2D eigenvalue weighted by Crippen LogP contribution is -2.31. The van der Waals surface area contributed by atoms with Crippen molar-refractivity contribution in [1.82, 2.24) is 9.97 Å². The Hall–Kier alpha value is -3.24. The van der Waals surface area contributed by atoms with Gasteiger partial charge < -0.3 is 16.4 Å². The van der Waals surface area contributed by atoms with E-state index in [2.05, 4.69) is 34.4 Å². The van der Waals surface area contributed by atoms with E-state index in [1.165, 1.54) is 6.07 Å². The Morgan fingerprint density at radius 3 is 2.75 bits per heavy atom. The minimum Gasteiger partial charge on any atom is -0.364 e. The topological polar surface area (TPSA) is 99.7 Å². The summed E-state index contributed by atoms with van der Waals surface area (Å²) < 4.78 is 14.4. The summed E-state index contributed by atoms with van der Waals surface area (Å²) in [5, 5.41) is 16.5. The van der Waals surface area contributed by atoms with Crippen LogP contribution in [0.3, 0.4) is 0 Å². The van der Waals surface area contributed by atoms with Crippen molar-refractivity contribution in [2.75, 3.05) is 17.2 Å². The second kappa shape index (κ2) is 8.63. The van der Waals surface area contributed by atoms with Crippen LogP contribution in [0.15, 0.2) is 42.6 Å². The third-order valence-corrected chi connectivity index (χ3v) is 4.34. The fraction of sp³-hybridized carbons (Fsp3) is 0.286. The molecule has 1 unspecified atom stereocenters. The van der Waals surface area contributed by atoms with Gasteiger partial charge in [0.2, 0.25) is 0 Å². The lowest BCUT2D eigenvalue weighted by atomic mass is 10.0. The molecule has 4 N–H and O–H groups in total. The van der Waals surface area contributed by atoms with Crippen LogP contribution in [0.25, 0.3) is 10.9 Å². The van der Waals surface area contributed by atoms with Crippen molar-refractivity contribution in [3.63, 3.8) is 0 Å². The van der Waals surface area contributed by atoms with Crippen LogP contribution < -0.4 is 16.4 Å². The zero-order chi connectivity index (χ0) is 20.1. The molecule has 0 saturated heterocycles. The molecule has 6 nitrogen and oxygen atoms in total. The van der Waals surface area contributed by atoms with Crippen LogP contribution in [0.5, 0.6) is 0 Å². The predicted molar refractivity (Wildman–Crippen MR) is 110 cm³/mol. The average Bonchev–Trinajstić information content (AvgIpc) is 2.69. The molecule has 0 radical (unpaired) electrons. The summed E-state index contributed by atoms with van der Waals surface area (Å²) in [4.78, 5) is 8.61. The SMILES string of the molecule is CC(C)CC(CN)Nc1nc(Nc2ccc3ncccc3c2)c(C#N)cc1F. The summed E-state index contributed by atoms with van der Waals surface area (Å²) in [5.41, 5.74) is 7.53. The summed E-state index contributed by atoms with van der Waals surface area (Å²) in [5.74, 6) is 0.202. The molecule has 2 aromatic heterocycles. The van der Waals surface area contributed by atoms with E-state index < -0.39 is 5.82 Å². The molecule has 3 rings (SSSR count). The van der Waals surface area contributed by atoms with E-state index in [0.717, 1.165) is 23.0 Å². The first kappa shape index (κ1) is 19.5. The zero-order valence-electron chi connectivity index (χ0n) is 15.9. The van der Waals surface area contributed by atoms with Gasteiger partial charge in [-0.05, 0) is 42.7 Å². The maximum absolute atomic E-state index is 14.4. The van der Waals surface area contributed by atoms with Gasteiger partial charge in [0, 0.05) is 29.9 Å². The number of halogens is 1. The molecule has 0 saturated carbocycles. The first-order valence-electron chi connectivity index (χ1n) is 9.19. The molecule has 7 heteroatoms. The molecule has 0 aliphatic rings. The van der Waals surface area contributed by atoms with E-state index in [4.69, 9.17) is 5.73 Å². The first-order chi connectivity index (χ1) is 13.5. The number of hydrogen-bond acceptors (Lipinski definition) is 6. The van der Waals surface area contributed by atoms with E-state index >= 15 is 0 Å². The number of nitrogens with two attached hydrogens (primary N) is 1. The van der Waals surface area contributed by atoms with Crippen LogP contribution in [0.1, 0.15) is 25.8 Å². The smallest absolute Gasteiger partial charge is 0.166 e. The standard InChI is InChI=1S/C21H23FN6/c1-13(2)8-17(12-24)27-21-18(22)10-15(11-23)20(28-21)26-16-5-6-19-14(9-16)4-3-7-25-19/h3-7,9-10,13,17H,8,12,24H2,1-2H3,(H2,26,27,28). The van der Waals surface area contributed by atoms with Crippen LogP contribution in [0, 0.1) is 23.1 Å². The van der Waals surface area contributed by atoms with Gasteiger partial charge in [0.05, 0.1) is 11.1 Å². The highest BCUT2D eigenvalue weighted by atomic mass is 19.1. The van der Waals surface area contributed by atoms with Crippen LogP contribution in [0.2, 0.25) is 0 Å². The first-order valence-corrected chi connectivity index (χ1v) is 9.19. The molecule has 1 atom stereocenters. The molecular formula is C21H23FN6. The number of nitrogens with one attached hydrogen (secondary N) is 2. The van der Waals surface area contributed by atoms with E-state index in [1.807, 2.05) is 36.4 Å². The van der Waals surface area contributed by atoms with Crippen molar-refractivity contribution in [3.8, 4) is 6.07 Å². The van der Waals surface area contributed by atoms with Gasteiger partial charge in [-0.15, -0.1) is 0 Å². The lowest BCUT2D eigenvalue weighted by Gasteiger charge is -2.20. The molecule has 2 heterocycles. The maximum atomic E-state index is 14.4. The molecule has 0 amide bonds. The third-order valence-electron chi connectivity index (χ3n) is 4.34. The summed E-state index contributed by atoms with van der Waals surface area (Å²) in [6, 6.07) is 12.5. The molecule has 0 fully saturated rings. The van der Waals surface area contributed by atoms with Crippen molar-refractivity contribution >= 4 is 28.2 Å². The van der Waals surface area contributed by atoms with Crippen LogP contribution in [-0.2, 0) is 0 Å². The molecule has 0 spiro atoms. The predicted octanol–water partition coefficient (Wildman–Crippen LogP) is 4.17. The van der Waals surface area contributed by atoms with Crippen molar-refractivity contribution in [3.05, 3.63) is 54.0 Å². The monoisotopic (exact) mass is 378 g/mol. The normalized spacial score (nSPS) is 12.0. The zero-order valence-corrected chi connectivity index (χ0v) is 15.9. The fourth-order valence-electron chi connectivity index (χ4n) is 3.04. The van der Waals surface area contributed by atoms with E-state index in [0.29, 0.717) is 12.5 Å². The molecule has 0 bridgehead atoms. The highest BCUT2D eigenvalue weighted by Gasteiger charge is 2.16. The van der Waals surface area contributed by atoms with E-state index in [1.54, 1.807) is 6.20 Å². The second-order valence-corrected chi connectivity index (χ2v) is 7.07. The molecule has 144 valence electrons. The Kier molecular flexibility index (Phi) is 6.02. The Bertz CT molecular complexity index is 1010. The number of rotatable bonds is 7. The van der Waals surface area contributed by atoms with Crippen molar-refractivity contribution in [1.29, 1.82) is 5.26 Å². The number of hydrogen-bond donors (Lipinski definition) is 3. The molecular weight excluding hydrogens is 355 g/mol. The Morgan fingerprint density at radius 2 is 2.04 bits per heavy atom. The van der Waals surface area contributed by atoms with Gasteiger partial charge in [0.1, 0.15) is 6.07 Å². The minimum atomic E-state index is -0.577. The van der Waals surface area contributed by atoms with Gasteiger partial charge in [0.15, 0.2) is 17.5 Å². The van der Waals surface area contributed by atoms with Crippen molar-refractivity contribution < 1.29 is 4.39 Å². The van der Waals surface area contributed by atoms with E-state index in [9.17, 15) is 9.65 Å². The van der Waals surface area contributed by atoms with Gasteiger partial charge in [0.25, 0.3) is 0 Å². The molecule has 3 aromatic rings. The fourth-order valence-corrected chi connectivity index (χ4v) is 3.04. The van der Waals surface area contributed by atoms with Crippen molar-refractivity contribution in [2.24, 2.45) is 11.7 Å². The number of nitrogens with zero attached hydrogens (tertiary/aromatic N) is 3. The molecule has 28 heavy (non-hydrogen) atoms. The molecule has 1 aromatic carbocycles. The Labute approximate surface area is 163 Å². The largest absolute Gasteiger partial charge is 0.364 e. The van der Waals surface area contributed by atoms with Gasteiger partial charge >= 0.3 is 0 Å². The summed E-state index contributed by atoms with van der Waals surface area (Å²) >= 11 is 0. The number of nitriles is 1. The second-order valence-electron chi connectivity index (χ2n) is 7.07. The lowest BCUT2D eigenvalue weighted by molar-refractivity contribution is 0.517. The van der Waals surface area contributed by atoms with Gasteiger partial charge in [-0.2, -0.15) is 5.26 Å². The highest BCUT2D eigenvalue weighted by Crippen LogP contribution is 2.26. The quantitative estimate of drug-likeness (QED) is 0.571. The number of fused-ring (bicyclic) bond motifs is 1. The number of aromatic nitrogens is 2. The number of anilines is 3.